The van der Waals surface area contributed by atoms with E-state index < -0.39 is 17.6 Å². The first-order valence-corrected chi connectivity index (χ1v) is 14.9. The fraction of sp³-hybridized carbons (Fsp3) is 0.621. The van der Waals surface area contributed by atoms with Crippen LogP contribution in [0.25, 0.3) is 17.0 Å². The molecule has 0 radical (unpaired) electrons. The Bertz CT molecular complexity index is 1340. The highest BCUT2D eigenvalue weighted by Gasteiger charge is 2.50. The molecule has 8 nitrogen and oxygen atoms in total. The molecule has 216 valence electrons. The van der Waals surface area contributed by atoms with Gasteiger partial charge in [0.05, 0.1) is 22.1 Å². The number of nitrogens with zero attached hydrogens (tertiary/aromatic N) is 5. The molecule has 1 amide bonds. The summed E-state index contributed by atoms with van der Waals surface area (Å²) in [5, 5.41) is 0.554. The van der Waals surface area contributed by atoms with Crippen molar-refractivity contribution in [2.45, 2.75) is 82.3 Å². The number of alkyl halides is 1. The number of hydrogen-bond donors (Lipinski definition) is 0. The lowest BCUT2D eigenvalue weighted by molar-refractivity contribution is 0.0122. The zero-order chi connectivity index (χ0) is 28.4. The van der Waals surface area contributed by atoms with Gasteiger partial charge in [0.15, 0.2) is 5.82 Å². The second-order valence-electron chi connectivity index (χ2n) is 12.6. The first kappa shape index (κ1) is 27.6. The van der Waals surface area contributed by atoms with Crippen LogP contribution in [0.4, 0.5) is 19.4 Å². The van der Waals surface area contributed by atoms with Crippen LogP contribution in [0.15, 0.2) is 17.1 Å². The molecule has 4 aliphatic heterocycles. The van der Waals surface area contributed by atoms with Crippen LogP contribution in [-0.2, 0) is 4.74 Å². The number of carbonyl (C=O) groups excluding carboxylic acids is 1. The van der Waals surface area contributed by atoms with E-state index in [-0.39, 0.29) is 46.3 Å². The molecule has 0 aliphatic carbocycles. The van der Waals surface area contributed by atoms with Gasteiger partial charge in [-0.3, -0.25) is 9.80 Å². The third-order valence-corrected chi connectivity index (χ3v) is 9.50. The number of fused-ring (bicyclic) bond motifs is 4. The van der Waals surface area contributed by atoms with Gasteiger partial charge in [0.25, 0.3) is 0 Å². The van der Waals surface area contributed by atoms with Gasteiger partial charge in [-0.05, 0) is 80.6 Å². The second kappa shape index (κ2) is 10.1. The lowest BCUT2D eigenvalue weighted by Gasteiger charge is -2.42. The molecule has 2 aromatic rings. The van der Waals surface area contributed by atoms with Crippen LogP contribution >= 0.6 is 15.9 Å². The van der Waals surface area contributed by atoms with E-state index in [1.54, 1.807) is 6.08 Å². The van der Waals surface area contributed by atoms with E-state index in [0.717, 1.165) is 32.2 Å². The van der Waals surface area contributed by atoms with E-state index >= 15 is 4.39 Å². The Morgan fingerprint density at radius 3 is 2.65 bits per heavy atom. The molecular formula is C29H36BrF2N5O3. The summed E-state index contributed by atoms with van der Waals surface area (Å²) in [5.74, 6) is 0.0485. The summed E-state index contributed by atoms with van der Waals surface area (Å²) in [5.41, 5.74) is -0.207. The van der Waals surface area contributed by atoms with E-state index in [4.69, 9.17) is 14.5 Å². The van der Waals surface area contributed by atoms with Gasteiger partial charge in [-0.1, -0.05) is 12.7 Å². The summed E-state index contributed by atoms with van der Waals surface area (Å²) in [6.45, 7) is 12.0. The van der Waals surface area contributed by atoms with Crippen LogP contribution in [0.5, 0.6) is 6.01 Å². The summed E-state index contributed by atoms with van der Waals surface area (Å²) >= 11 is 3.35. The number of piperazine rings is 1. The van der Waals surface area contributed by atoms with Crippen LogP contribution in [0.2, 0.25) is 0 Å². The number of hydrogen-bond acceptors (Lipinski definition) is 7. The standard InChI is InChI=1S/C29H36BrF2N5O3/c1-5-17-11-21-24(23(32)22(17)30)33-26(39-16-29-9-6-10-36(29)13-18(31)12-29)34-25(21)35-14-19-7-8-20(15-35)37(19)27(38)40-28(2,3)4/h5,11,18-20H,1,6-10,12-16H2,2-4H3/t18-,19?,20?,29+/m1/s1. The third-order valence-electron chi connectivity index (χ3n) is 8.70. The number of amides is 1. The Morgan fingerprint density at radius 2 is 1.98 bits per heavy atom. The lowest BCUT2D eigenvalue weighted by atomic mass is 9.95. The van der Waals surface area contributed by atoms with Crippen molar-refractivity contribution < 1.29 is 23.0 Å². The fourth-order valence-corrected chi connectivity index (χ4v) is 7.44. The topological polar surface area (TPSA) is 71.0 Å². The summed E-state index contributed by atoms with van der Waals surface area (Å²) in [6, 6.07) is 1.81. The number of carbonyl (C=O) groups is 1. The van der Waals surface area contributed by atoms with E-state index in [2.05, 4.69) is 37.3 Å². The predicted octanol–water partition coefficient (Wildman–Crippen LogP) is 5.72. The molecule has 0 spiro atoms. The minimum atomic E-state index is -0.876. The minimum absolute atomic E-state index is 0.0481. The molecular weight excluding hydrogens is 584 g/mol. The van der Waals surface area contributed by atoms with Gasteiger partial charge in [-0.15, -0.1) is 0 Å². The normalized spacial score (nSPS) is 28.3. The summed E-state index contributed by atoms with van der Waals surface area (Å²) in [4.78, 5) is 28.5. The number of benzene rings is 1. The van der Waals surface area contributed by atoms with Gasteiger partial charge in [-0.2, -0.15) is 9.97 Å². The summed E-state index contributed by atoms with van der Waals surface area (Å²) in [6.07, 6.45) is 4.39. The molecule has 6 rings (SSSR count). The number of rotatable bonds is 5. The molecule has 1 aromatic carbocycles. The molecule has 4 saturated heterocycles. The van der Waals surface area contributed by atoms with Crippen LogP contribution in [0.3, 0.4) is 0 Å². The van der Waals surface area contributed by atoms with Gasteiger partial charge >= 0.3 is 12.1 Å². The maximum atomic E-state index is 15.7. The molecule has 4 fully saturated rings. The molecule has 2 bridgehead atoms. The van der Waals surface area contributed by atoms with E-state index in [1.165, 1.54) is 0 Å². The maximum Gasteiger partial charge on any atom is 0.410 e. The van der Waals surface area contributed by atoms with Gasteiger partial charge in [0, 0.05) is 31.4 Å². The Kier molecular flexibility index (Phi) is 6.96. The third kappa shape index (κ3) is 4.82. The van der Waals surface area contributed by atoms with E-state index in [9.17, 15) is 9.18 Å². The van der Waals surface area contributed by atoms with Crippen LogP contribution in [0.1, 0.15) is 58.4 Å². The van der Waals surface area contributed by atoms with Crippen LogP contribution < -0.4 is 9.64 Å². The monoisotopic (exact) mass is 619 g/mol. The Morgan fingerprint density at radius 1 is 1.25 bits per heavy atom. The van der Waals surface area contributed by atoms with Crippen LogP contribution in [0, 0.1) is 5.82 Å². The van der Waals surface area contributed by atoms with Gasteiger partial charge in [0.2, 0.25) is 0 Å². The molecule has 1 aromatic heterocycles. The van der Waals surface area contributed by atoms with Gasteiger partial charge in [0.1, 0.15) is 29.7 Å². The molecule has 4 atom stereocenters. The summed E-state index contributed by atoms with van der Waals surface area (Å²) in [7, 11) is 0. The van der Waals surface area contributed by atoms with Gasteiger partial charge < -0.3 is 14.4 Å². The highest BCUT2D eigenvalue weighted by atomic mass is 79.9. The van der Waals surface area contributed by atoms with Crippen molar-refractivity contribution in [1.82, 2.24) is 19.8 Å². The lowest BCUT2D eigenvalue weighted by Crippen LogP contribution is -2.57. The van der Waals surface area contributed by atoms with Crippen molar-refractivity contribution in [2.75, 3.05) is 37.7 Å². The van der Waals surface area contributed by atoms with Crippen molar-refractivity contribution >= 4 is 44.8 Å². The zero-order valence-electron chi connectivity index (χ0n) is 23.3. The highest BCUT2D eigenvalue weighted by Crippen LogP contribution is 2.42. The van der Waals surface area contributed by atoms with Crippen molar-refractivity contribution in [3.05, 3.63) is 28.5 Å². The van der Waals surface area contributed by atoms with E-state index in [0.29, 0.717) is 42.8 Å². The first-order valence-electron chi connectivity index (χ1n) is 14.1. The van der Waals surface area contributed by atoms with Crippen molar-refractivity contribution in [3.8, 4) is 6.01 Å². The highest BCUT2D eigenvalue weighted by molar-refractivity contribution is 9.10. The molecule has 4 aliphatic rings. The minimum Gasteiger partial charge on any atom is -0.461 e. The Hall–Kier alpha value is -2.53. The Labute approximate surface area is 241 Å². The quantitative estimate of drug-likeness (QED) is 0.424. The molecule has 2 unspecified atom stereocenters. The number of halogens is 3. The fourth-order valence-electron chi connectivity index (χ4n) is 6.98. The average molecular weight is 621 g/mol. The molecule has 40 heavy (non-hydrogen) atoms. The molecule has 5 heterocycles. The second-order valence-corrected chi connectivity index (χ2v) is 13.4. The predicted molar refractivity (Wildman–Crippen MR) is 153 cm³/mol. The first-order chi connectivity index (χ1) is 19.0. The number of aromatic nitrogens is 2. The molecule has 0 saturated carbocycles. The van der Waals surface area contributed by atoms with E-state index in [1.807, 2.05) is 31.7 Å². The van der Waals surface area contributed by atoms with Crippen molar-refractivity contribution in [1.29, 1.82) is 0 Å². The summed E-state index contributed by atoms with van der Waals surface area (Å²) < 4.78 is 42.2. The van der Waals surface area contributed by atoms with Crippen molar-refractivity contribution in [2.24, 2.45) is 0 Å². The number of anilines is 1. The SMILES string of the molecule is C=Cc1cc2c(N3CC4CCC(C3)N4C(=O)OC(C)(C)C)nc(OC[C@@]34CCCN3C[C@H](F)C4)nc2c(F)c1Br. The van der Waals surface area contributed by atoms with Crippen molar-refractivity contribution in [3.63, 3.8) is 0 Å². The van der Waals surface area contributed by atoms with Crippen LogP contribution in [-0.4, -0.2) is 88.0 Å². The average Bonchev–Trinajstić information content (AvgIpc) is 3.50. The molecule has 11 heteroatoms. The maximum absolute atomic E-state index is 15.7. The largest absolute Gasteiger partial charge is 0.461 e. The zero-order valence-corrected chi connectivity index (χ0v) is 24.8. The number of ether oxygens (including phenoxy) is 2. The Balaban J connectivity index is 1.34. The smallest absolute Gasteiger partial charge is 0.410 e. The van der Waals surface area contributed by atoms with Gasteiger partial charge in [-0.25, -0.2) is 13.6 Å². The molecule has 0 N–H and O–H groups in total.